The second kappa shape index (κ2) is 5.72. The Morgan fingerprint density at radius 3 is 2.38 bits per heavy atom. The quantitative estimate of drug-likeness (QED) is 0.744. The molecule has 1 heterocycles. The first-order chi connectivity index (χ1) is 7.49. The van der Waals surface area contributed by atoms with Crippen molar-refractivity contribution in [2.75, 3.05) is 13.1 Å². The van der Waals surface area contributed by atoms with Crippen molar-refractivity contribution >= 4 is 11.9 Å². The zero-order valence-corrected chi connectivity index (χ0v) is 10.0. The lowest BCUT2D eigenvalue weighted by molar-refractivity contribution is -0.122. The summed E-state index contributed by atoms with van der Waals surface area (Å²) in [7, 11) is 0. The number of piperidine rings is 1. The third-order valence-electron chi connectivity index (χ3n) is 2.77. The predicted molar refractivity (Wildman–Crippen MR) is 61.8 cm³/mol. The highest BCUT2D eigenvalue weighted by atomic mass is 16.2. The Kier molecular flexibility index (Phi) is 4.58. The van der Waals surface area contributed by atoms with Crippen LogP contribution in [0.15, 0.2) is 0 Å². The van der Waals surface area contributed by atoms with Crippen LogP contribution in [0.5, 0.6) is 0 Å². The van der Waals surface area contributed by atoms with Gasteiger partial charge in [-0.15, -0.1) is 0 Å². The predicted octanol–water partition coefficient (Wildman–Crippen LogP) is 0.692. The fourth-order valence-corrected chi connectivity index (χ4v) is 1.90. The first kappa shape index (κ1) is 12.8. The Hall–Kier alpha value is -1.26. The number of carbonyl (C=O) groups is 2. The van der Waals surface area contributed by atoms with Gasteiger partial charge in [0.25, 0.3) is 0 Å². The third-order valence-corrected chi connectivity index (χ3v) is 2.77. The zero-order chi connectivity index (χ0) is 12.1. The highest BCUT2D eigenvalue weighted by molar-refractivity contribution is 5.76. The van der Waals surface area contributed by atoms with Crippen LogP contribution in [-0.2, 0) is 4.79 Å². The van der Waals surface area contributed by atoms with E-state index in [2.05, 4.69) is 5.32 Å². The average molecular weight is 227 g/mol. The summed E-state index contributed by atoms with van der Waals surface area (Å²) in [5.74, 6) is 0.484. The molecule has 1 aliphatic rings. The number of nitrogens with one attached hydrogen (secondary N) is 1. The van der Waals surface area contributed by atoms with Gasteiger partial charge in [0, 0.05) is 25.6 Å². The van der Waals surface area contributed by atoms with E-state index < -0.39 is 0 Å². The molecule has 1 rings (SSSR count). The monoisotopic (exact) mass is 227 g/mol. The van der Waals surface area contributed by atoms with Gasteiger partial charge < -0.3 is 16.0 Å². The Morgan fingerprint density at radius 1 is 1.38 bits per heavy atom. The number of primary amides is 1. The van der Waals surface area contributed by atoms with E-state index in [0.29, 0.717) is 25.4 Å². The molecule has 1 fully saturated rings. The summed E-state index contributed by atoms with van der Waals surface area (Å²) in [5.41, 5.74) is 5.18. The third kappa shape index (κ3) is 4.08. The van der Waals surface area contributed by atoms with Crippen LogP contribution < -0.4 is 11.1 Å². The Balaban J connectivity index is 2.26. The van der Waals surface area contributed by atoms with Gasteiger partial charge in [-0.3, -0.25) is 4.79 Å². The van der Waals surface area contributed by atoms with E-state index in [4.69, 9.17) is 5.73 Å². The molecule has 0 spiro atoms. The van der Waals surface area contributed by atoms with Crippen LogP contribution in [0.2, 0.25) is 0 Å². The molecule has 16 heavy (non-hydrogen) atoms. The highest BCUT2D eigenvalue weighted by Gasteiger charge is 2.22. The minimum Gasteiger partial charge on any atom is -0.353 e. The van der Waals surface area contributed by atoms with E-state index in [1.165, 1.54) is 0 Å². The fourth-order valence-electron chi connectivity index (χ4n) is 1.90. The molecule has 0 aromatic heterocycles. The number of hydrogen-bond donors (Lipinski definition) is 2. The van der Waals surface area contributed by atoms with Crippen LogP contribution >= 0.6 is 0 Å². The number of hydrogen-bond acceptors (Lipinski definition) is 2. The summed E-state index contributed by atoms with van der Waals surface area (Å²) < 4.78 is 0. The molecule has 0 atom stereocenters. The molecule has 92 valence electrons. The van der Waals surface area contributed by atoms with Crippen molar-refractivity contribution in [3.63, 3.8) is 0 Å². The van der Waals surface area contributed by atoms with Crippen LogP contribution in [0.1, 0.15) is 33.1 Å². The number of urea groups is 1. The lowest BCUT2D eigenvalue weighted by atomic mass is 10.0. The molecule has 0 aliphatic carbocycles. The normalized spacial score (nSPS) is 17.6. The summed E-state index contributed by atoms with van der Waals surface area (Å²) in [6.45, 7) is 5.33. The highest BCUT2D eigenvalue weighted by Crippen LogP contribution is 2.10. The van der Waals surface area contributed by atoms with Gasteiger partial charge >= 0.3 is 6.03 Å². The van der Waals surface area contributed by atoms with Crippen LogP contribution in [0.3, 0.4) is 0 Å². The van der Waals surface area contributed by atoms with Crippen molar-refractivity contribution in [3.05, 3.63) is 0 Å². The van der Waals surface area contributed by atoms with E-state index in [0.717, 1.165) is 12.8 Å². The molecule has 1 saturated heterocycles. The van der Waals surface area contributed by atoms with E-state index >= 15 is 0 Å². The van der Waals surface area contributed by atoms with Crippen LogP contribution in [0.25, 0.3) is 0 Å². The lowest BCUT2D eigenvalue weighted by Crippen LogP contribution is -2.48. The molecule has 0 bridgehead atoms. The maximum atomic E-state index is 11.5. The van der Waals surface area contributed by atoms with Gasteiger partial charge in [0.2, 0.25) is 5.91 Å². The second-order valence-corrected chi connectivity index (χ2v) is 4.77. The molecule has 3 N–H and O–H groups in total. The maximum absolute atomic E-state index is 11.5. The van der Waals surface area contributed by atoms with E-state index in [-0.39, 0.29) is 18.0 Å². The summed E-state index contributed by atoms with van der Waals surface area (Å²) in [6.07, 6.45) is 2.16. The van der Waals surface area contributed by atoms with E-state index in [1.807, 2.05) is 13.8 Å². The van der Waals surface area contributed by atoms with Gasteiger partial charge in [-0.25, -0.2) is 4.79 Å². The van der Waals surface area contributed by atoms with Crippen molar-refractivity contribution in [1.82, 2.24) is 10.2 Å². The van der Waals surface area contributed by atoms with Crippen molar-refractivity contribution in [1.29, 1.82) is 0 Å². The molecular formula is C11H21N3O2. The largest absolute Gasteiger partial charge is 0.353 e. The number of carbonyl (C=O) groups excluding carboxylic acids is 2. The number of nitrogens with two attached hydrogens (primary N) is 1. The van der Waals surface area contributed by atoms with E-state index in [9.17, 15) is 9.59 Å². The van der Waals surface area contributed by atoms with E-state index in [1.54, 1.807) is 4.90 Å². The molecule has 3 amide bonds. The molecule has 0 aromatic rings. The standard InChI is InChI=1S/C11H21N3O2/c1-8(2)7-10(15)13-9-3-5-14(6-4-9)11(12)16/h8-9H,3-7H2,1-2H3,(H2,12,16)(H,13,15). The topological polar surface area (TPSA) is 75.4 Å². The fraction of sp³-hybridized carbons (Fsp3) is 0.818. The first-order valence-electron chi connectivity index (χ1n) is 5.82. The summed E-state index contributed by atoms with van der Waals surface area (Å²) in [4.78, 5) is 24.0. The molecule has 0 aromatic carbocycles. The van der Waals surface area contributed by atoms with Gasteiger partial charge in [0.05, 0.1) is 0 Å². The van der Waals surface area contributed by atoms with Gasteiger partial charge in [-0.05, 0) is 18.8 Å². The second-order valence-electron chi connectivity index (χ2n) is 4.77. The Bertz CT molecular complexity index is 258. The molecule has 5 heteroatoms. The smallest absolute Gasteiger partial charge is 0.314 e. The number of amides is 3. The van der Waals surface area contributed by atoms with Crippen molar-refractivity contribution in [3.8, 4) is 0 Å². The summed E-state index contributed by atoms with van der Waals surface area (Å²) in [5, 5.41) is 2.99. The van der Waals surface area contributed by atoms with Crippen molar-refractivity contribution < 1.29 is 9.59 Å². The van der Waals surface area contributed by atoms with Gasteiger partial charge in [0.1, 0.15) is 0 Å². The number of likely N-dealkylation sites (tertiary alicyclic amines) is 1. The average Bonchev–Trinajstić information content (AvgIpc) is 2.16. The molecule has 0 saturated carbocycles. The molecule has 5 nitrogen and oxygen atoms in total. The summed E-state index contributed by atoms with van der Waals surface area (Å²) in [6, 6.07) is -0.172. The van der Waals surface area contributed by atoms with Crippen molar-refractivity contribution in [2.24, 2.45) is 11.7 Å². The molecule has 0 radical (unpaired) electrons. The van der Waals surface area contributed by atoms with Gasteiger partial charge in [-0.1, -0.05) is 13.8 Å². The maximum Gasteiger partial charge on any atom is 0.314 e. The first-order valence-corrected chi connectivity index (χ1v) is 5.82. The van der Waals surface area contributed by atoms with Gasteiger partial charge in [-0.2, -0.15) is 0 Å². The molecular weight excluding hydrogens is 206 g/mol. The molecule has 1 aliphatic heterocycles. The minimum atomic E-state index is -0.369. The number of rotatable bonds is 3. The zero-order valence-electron chi connectivity index (χ0n) is 10.0. The minimum absolute atomic E-state index is 0.104. The van der Waals surface area contributed by atoms with Crippen molar-refractivity contribution in [2.45, 2.75) is 39.2 Å². The van der Waals surface area contributed by atoms with Crippen LogP contribution in [-0.4, -0.2) is 36.0 Å². The summed E-state index contributed by atoms with van der Waals surface area (Å²) >= 11 is 0. The van der Waals surface area contributed by atoms with Crippen LogP contribution in [0, 0.1) is 5.92 Å². The lowest BCUT2D eigenvalue weighted by Gasteiger charge is -2.31. The molecule has 0 unspecified atom stereocenters. The Morgan fingerprint density at radius 2 is 1.94 bits per heavy atom. The van der Waals surface area contributed by atoms with Crippen LogP contribution in [0.4, 0.5) is 4.79 Å². The van der Waals surface area contributed by atoms with Gasteiger partial charge in [0.15, 0.2) is 0 Å². The SMILES string of the molecule is CC(C)CC(=O)NC1CCN(C(N)=O)CC1. The Labute approximate surface area is 96.4 Å². The number of nitrogens with zero attached hydrogens (tertiary/aromatic N) is 1.